The Hall–Kier alpha value is -2.73. The molecule has 0 atom stereocenters. The van der Waals surface area contributed by atoms with Crippen LogP contribution in [0.2, 0.25) is 5.02 Å². The number of aryl methyl sites for hydroxylation is 1. The zero-order valence-corrected chi connectivity index (χ0v) is 17.4. The Bertz CT molecular complexity index is 1150. The summed E-state index contributed by atoms with van der Waals surface area (Å²) in [5, 5.41) is 14.1. The molecule has 1 aromatic heterocycles. The number of fused-ring (bicyclic) bond motifs is 2. The molecule has 0 aliphatic carbocycles. The van der Waals surface area contributed by atoms with Gasteiger partial charge in [-0.1, -0.05) is 17.7 Å². The monoisotopic (exact) mass is 401 g/mol. The summed E-state index contributed by atoms with van der Waals surface area (Å²) in [6, 6.07) is 7.16. The number of nitrogens with zero attached hydrogens (tertiary/aromatic N) is 2. The second-order valence-corrected chi connectivity index (χ2v) is 7.89. The Morgan fingerprint density at radius 3 is 2.50 bits per heavy atom. The van der Waals surface area contributed by atoms with E-state index in [9.17, 15) is 14.7 Å². The number of aromatic nitrogens is 1. The predicted molar refractivity (Wildman–Crippen MR) is 116 cm³/mol. The second-order valence-electron chi connectivity index (χ2n) is 7.48. The molecule has 0 bridgehead atoms. The fourth-order valence-corrected chi connectivity index (χ4v) is 3.87. The summed E-state index contributed by atoms with van der Waals surface area (Å²) in [6.07, 6.45) is 0. The molecule has 6 nitrogen and oxygen atoms in total. The Morgan fingerprint density at radius 2 is 1.93 bits per heavy atom. The highest BCUT2D eigenvalue weighted by atomic mass is 35.5. The number of hydrogen-bond acceptors (Lipinski definition) is 4. The molecule has 0 radical (unpaired) electrons. The number of benzene rings is 2. The van der Waals surface area contributed by atoms with Crippen LogP contribution in [0.25, 0.3) is 21.8 Å². The summed E-state index contributed by atoms with van der Waals surface area (Å²) < 4.78 is 1.69. The summed E-state index contributed by atoms with van der Waals surface area (Å²) in [4.78, 5) is 26.8. The number of carbonyl (C=O) groups is 1. The molecule has 28 heavy (non-hydrogen) atoms. The van der Waals surface area contributed by atoms with Gasteiger partial charge in [0.15, 0.2) is 5.43 Å². The van der Waals surface area contributed by atoms with Gasteiger partial charge in [-0.2, -0.15) is 0 Å². The molecule has 0 spiro atoms. The topological polar surface area (TPSA) is 74.6 Å². The van der Waals surface area contributed by atoms with E-state index in [0.717, 1.165) is 11.3 Å². The molecule has 2 N–H and O–H groups in total. The van der Waals surface area contributed by atoms with Gasteiger partial charge in [0.05, 0.1) is 27.4 Å². The lowest BCUT2D eigenvalue weighted by Gasteiger charge is -2.23. The van der Waals surface area contributed by atoms with Crippen molar-refractivity contribution in [3.63, 3.8) is 0 Å². The molecule has 7 heteroatoms. The molecule has 148 valence electrons. The number of aliphatic carboxylic acids is 1. The van der Waals surface area contributed by atoms with Crippen molar-refractivity contribution in [3.8, 4) is 0 Å². The van der Waals surface area contributed by atoms with E-state index in [2.05, 4.69) is 5.32 Å². The first-order chi connectivity index (χ1) is 13.1. The van der Waals surface area contributed by atoms with Crippen LogP contribution >= 0.6 is 11.6 Å². The molecule has 0 amide bonds. The van der Waals surface area contributed by atoms with Crippen molar-refractivity contribution in [1.29, 1.82) is 0 Å². The standard InChI is InChI=1S/C21H24ClN3O3/c1-11(2)23-16-9-17-14(8-15(16)22)21(28)13-7-6-12(3)19(24(4)5)20(13)25(17)10-18(26)27/h6-9,11,23H,10H2,1-5H3,(H,26,27). The third kappa shape index (κ3) is 3.40. The van der Waals surface area contributed by atoms with Crippen molar-refractivity contribution < 1.29 is 9.90 Å². The molecule has 0 fully saturated rings. The summed E-state index contributed by atoms with van der Waals surface area (Å²) in [7, 11) is 3.77. The van der Waals surface area contributed by atoms with Gasteiger partial charge >= 0.3 is 5.97 Å². The van der Waals surface area contributed by atoms with Crippen LogP contribution in [-0.2, 0) is 11.3 Å². The zero-order valence-electron chi connectivity index (χ0n) is 16.6. The molecule has 3 rings (SSSR count). The molecule has 0 aliphatic heterocycles. The van der Waals surface area contributed by atoms with Crippen LogP contribution in [0.15, 0.2) is 29.1 Å². The Labute approximate surface area is 168 Å². The van der Waals surface area contributed by atoms with Gasteiger partial charge in [-0.05, 0) is 44.5 Å². The Balaban J connectivity index is 2.57. The van der Waals surface area contributed by atoms with Gasteiger partial charge in [0, 0.05) is 30.9 Å². The maximum atomic E-state index is 13.2. The fourth-order valence-electron chi connectivity index (χ4n) is 3.66. The van der Waals surface area contributed by atoms with Crippen molar-refractivity contribution in [2.24, 2.45) is 0 Å². The van der Waals surface area contributed by atoms with Gasteiger partial charge < -0.3 is 19.9 Å². The molecule has 3 aromatic rings. The molecule has 0 saturated heterocycles. The molecule has 2 aromatic carbocycles. The molecule has 0 saturated carbocycles. The van der Waals surface area contributed by atoms with E-state index in [1.807, 2.05) is 45.8 Å². The highest BCUT2D eigenvalue weighted by Gasteiger charge is 2.19. The smallest absolute Gasteiger partial charge is 0.323 e. The average Bonchev–Trinajstić information content (AvgIpc) is 2.58. The van der Waals surface area contributed by atoms with Crippen LogP contribution in [0.5, 0.6) is 0 Å². The van der Waals surface area contributed by atoms with Gasteiger partial charge in [-0.15, -0.1) is 0 Å². The molecular formula is C21H24ClN3O3. The van der Waals surface area contributed by atoms with E-state index in [0.29, 0.717) is 32.5 Å². The van der Waals surface area contributed by atoms with Crippen molar-refractivity contribution in [2.45, 2.75) is 33.4 Å². The SMILES string of the molecule is Cc1ccc2c(=O)c3cc(Cl)c(NC(C)C)cc3n(CC(=O)O)c2c1N(C)C. The van der Waals surface area contributed by atoms with Gasteiger partial charge in [-0.25, -0.2) is 0 Å². The average molecular weight is 402 g/mol. The van der Waals surface area contributed by atoms with Crippen molar-refractivity contribution in [1.82, 2.24) is 4.57 Å². The summed E-state index contributed by atoms with van der Waals surface area (Å²) in [5.74, 6) is -0.981. The first kappa shape index (κ1) is 20.0. The second kappa shape index (κ2) is 7.36. The lowest BCUT2D eigenvalue weighted by molar-refractivity contribution is -0.137. The molecule has 0 aliphatic rings. The van der Waals surface area contributed by atoms with Crippen LogP contribution in [0, 0.1) is 6.92 Å². The first-order valence-electron chi connectivity index (χ1n) is 9.06. The number of anilines is 2. The molecule has 1 heterocycles. The van der Waals surface area contributed by atoms with E-state index in [4.69, 9.17) is 11.6 Å². The van der Waals surface area contributed by atoms with Gasteiger partial charge in [0.25, 0.3) is 0 Å². The van der Waals surface area contributed by atoms with E-state index in [-0.39, 0.29) is 18.0 Å². The van der Waals surface area contributed by atoms with E-state index < -0.39 is 5.97 Å². The van der Waals surface area contributed by atoms with Crippen molar-refractivity contribution in [3.05, 3.63) is 45.1 Å². The summed E-state index contributed by atoms with van der Waals surface area (Å²) in [5.41, 5.74) is 3.45. The number of pyridine rings is 1. The quantitative estimate of drug-likeness (QED) is 0.630. The van der Waals surface area contributed by atoms with E-state index >= 15 is 0 Å². The minimum atomic E-state index is -0.981. The minimum Gasteiger partial charge on any atom is -0.480 e. The fraction of sp³-hybridized carbons (Fsp3) is 0.333. The van der Waals surface area contributed by atoms with Crippen LogP contribution in [0.4, 0.5) is 11.4 Å². The molecular weight excluding hydrogens is 378 g/mol. The van der Waals surface area contributed by atoms with Crippen LogP contribution < -0.4 is 15.6 Å². The lowest BCUT2D eigenvalue weighted by Crippen LogP contribution is -2.20. The maximum absolute atomic E-state index is 13.2. The van der Waals surface area contributed by atoms with Crippen molar-refractivity contribution >= 4 is 50.8 Å². The van der Waals surface area contributed by atoms with Crippen LogP contribution in [-0.4, -0.2) is 35.8 Å². The maximum Gasteiger partial charge on any atom is 0.323 e. The Morgan fingerprint density at radius 1 is 1.25 bits per heavy atom. The number of halogens is 1. The zero-order chi connectivity index (χ0) is 20.7. The van der Waals surface area contributed by atoms with Crippen LogP contribution in [0.3, 0.4) is 0 Å². The highest BCUT2D eigenvalue weighted by molar-refractivity contribution is 6.34. The number of nitrogens with one attached hydrogen (secondary N) is 1. The predicted octanol–water partition coefficient (Wildman–Crippen LogP) is 4.09. The number of hydrogen-bond donors (Lipinski definition) is 2. The summed E-state index contributed by atoms with van der Waals surface area (Å²) in [6.45, 7) is 5.65. The normalized spacial score (nSPS) is 11.4. The van der Waals surface area contributed by atoms with Gasteiger partial charge in [0.1, 0.15) is 6.54 Å². The largest absolute Gasteiger partial charge is 0.480 e. The third-order valence-corrected chi connectivity index (χ3v) is 4.99. The Kier molecular flexibility index (Phi) is 5.26. The first-order valence-corrected chi connectivity index (χ1v) is 9.44. The van der Waals surface area contributed by atoms with Gasteiger partial charge in [-0.3, -0.25) is 9.59 Å². The number of carboxylic acid groups (broad SMARTS) is 1. The number of rotatable bonds is 5. The van der Waals surface area contributed by atoms with E-state index in [1.165, 1.54) is 0 Å². The van der Waals surface area contributed by atoms with Gasteiger partial charge in [0.2, 0.25) is 0 Å². The summed E-state index contributed by atoms with van der Waals surface area (Å²) >= 11 is 6.40. The lowest BCUT2D eigenvalue weighted by atomic mass is 10.0. The highest BCUT2D eigenvalue weighted by Crippen LogP contribution is 2.34. The van der Waals surface area contributed by atoms with E-state index in [1.54, 1.807) is 22.8 Å². The third-order valence-electron chi connectivity index (χ3n) is 4.67. The minimum absolute atomic E-state index is 0.134. The molecule has 0 unspecified atom stereocenters. The number of carboxylic acids is 1. The van der Waals surface area contributed by atoms with Crippen LogP contribution in [0.1, 0.15) is 19.4 Å². The van der Waals surface area contributed by atoms with Crippen molar-refractivity contribution in [2.75, 3.05) is 24.3 Å².